The Balaban J connectivity index is 2.61. The Kier molecular flexibility index (Phi) is 5.51. The summed E-state index contributed by atoms with van der Waals surface area (Å²) in [5.41, 5.74) is 6.66. The SMILES string of the molecule is CCC(C)[C@H](N)C(=O)Nc1ccc(SC)cc1. The van der Waals surface area contributed by atoms with Crippen LogP contribution in [-0.2, 0) is 4.79 Å². The van der Waals surface area contributed by atoms with E-state index >= 15 is 0 Å². The van der Waals surface area contributed by atoms with Gasteiger partial charge in [0.25, 0.3) is 0 Å². The van der Waals surface area contributed by atoms with Gasteiger partial charge in [0.05, 0.1) is 6.04 Å². The van der Waals surface area contributed by atoms with Crippen LogP contribution in [0, 0.1) is 5.92 Å². The fourth-order valence-electron chi connectivity index (χ4n) is 1.41. The van der Waals surface area contributed by atoms with Crippen LogP contribution in [0.4, 0.5) is 5.69 Å². The van der Waals surface area contributed by atoms with Crippen molar-refractivity contribution in [3.05, 3.63) is 24.3 Å². The van der Waals surface area contributed by atoms with Crippen molar-refractivity contribution in [1.82, 2.24) is 0 Å². The topological polar surface area (TPSA) is 55.1 Å². The lowest BCUT2D eigenvalue weighted by molar-refractivity contribution is -0.118. The number of amides is 1. The molecule has 1 unspecified atom stereocenters. The van der Waals surface area contributed by atoms with Crippen molar-refractivity contribution < 1.29 is 4.79 Å². The molecule has 1 rings (SSSR count). The maximum absolute atomic E-state index is 11.8. The molecule has 1 aromatic rings. The Bertz CT molecular complexity index is 364. The summed E-state index contributed by atoms with van der Waals surface area (Å²) in [4.78, 5) is 13.0. The van der Waals surface area contributed by atoms with Gasteiger partial charge >= 0.3 is 0 Å². The number of hydrogen-bond donors (Lipinski definition) is 2. The zero-order valence-electron chi connectivity index (χ0n) is 10.6. The van der Waals surface area contributed by atoms with Gasteiger partial charge in [0.2, 0.25) is 5.91 Å². The highest BCUT2D eigenvalue weighted by Crippen LogP contribution is 2.18. The van der Waals surface area contributed by atoms with Crippen LogP contribution in [0.3, 0.4) is 0 Å². The van der Waals surface area contributed by atoms with Crippen molar-refractivity contribution >= 4 is 23.4 Å². The summed E-state index contributed by atoms with van der Waals surface area (Å²) < 4.78 is 0. The molecule has 0 bridgehead atoms. The van der Waals surface area contributed by atoms with E-state index < -0.39 is 6.04 Å². The van der Waals surface area contributed by atoms with Gasteiger partial charge in [0, 0.05) is 10.6 Å². The van der Waals surface area contributed by atoms with Crippen molar-refractivity contribution in [1.29, 1.82) is 0 Å². The Morgan fingerprint density at radius 1 is 1.41 bits per heavy atom. The molecule has 0 heterocycles. The van der Waals surface area contributed by atoms with Crippen LogP contribution in [0.25, 0.3) is 0 Å². The van der Waals surface area contributed by atoms with E-state index in [9.17, 15) is 4.79 Å². The van der Waals surface area contributed by atoms with Gasteiger partial charge < -0.3 is 11.1 Å². The molecule has 94 valence electrons. The zero-order chi connectivity index (χ0) is 12.8. The number of carbonyl (C=O) groups excluding carboxylic acids is 1. The van der Waals surface area contributed by atoms with E-state index in [2.05, 4.69) is 5.32 Å². The summed E-state index contributed by atoms with van der Waals surface area (Å²) in [5, 5.41) is 2.84. The van der Waals surface area contributed by atoms with Gasteiger partial charge in [-0.2, -0.15) is 0 Å². The normalized spacial score (nSPS) is 14.1. The monoisotopic (exact) mass is 252 g/mol. The minimum absolute atomic E-state index is 0.115. The predicted octanol–water partition coefficient (Wildman–Crippen LogP) is 2.72. The highest BCUT2D eigenvalue weighted by molar-refractivity contribution is 7.98. The second-order valence-corrected chi connectivity index (χ2v) is 5.01. The van der Waals surface area contributed by atoms with Crippen LogP contribution in [0.2, 0.25) is 0 Å². The number of thioether (sulfide) groups is 1. The van der Waals surface area contributed by atoms with Crippen molar-refractivity contribution in [2.45, 2.75) is 31.2 Å². The van der Waals surface area contributed by atoms with Gasteiger partial charge in [-0.15, -0.1) is 11.8 Å². The first-order valence-corrected chi connectivity index (χ1v) is 7.01. The molecular weight excluding hydrogens is 232 g/mol. The number of rotatable bonds is 5. The molecule has 0 saturated carbocycles. The summed E-state index contributed by atoms with van der Waals surface area (Å²) in [6.07, 6.45) is 2.92. The Labute approximate surface area is 107 Å². The van der Waals surface area contributed by atoms with E-state index in [-0.39, 0.29) is 11.8 Å². The van der Waals surface area contributed by atoms with Gasteiger partial charge in [0.1, 0.15) is 0 Å². The third-order valence-electron chi connectivity index (χ3n) is 2.92. The summed E-state index contributed by atoms with van der Waals surface area (Å²) in [5.74, 6) is 0.0803. The molecule has 0 fully saturated rings. The van der Waals surface area contributed by atoms with E-state index in [0.717, 1.165) is 12.1 Å². The lowest BCUT2D eigenvalue weighted by Gasteiger charge is -2.17. The molecule has 17 heavy (non-hydrogen) atoms. The molecule has 0 aliphatic heterocycles. The molecule has 3 N–H and O–H groups in total. The lowest BCUT2D eigenvalue weighted by atomic mass is 9.99. The number of benzene rings is 1. The van der Waals surface area contributed by atoms with Gasteiger partial charge in [-0.25, -0.2) is 0 Å². The van der Waals surface area contributed by atoms with Crippen LogP contribution in [-0.4, -0.2) is 18.2 Å². The number of carbonyl (C=O) groups is 1. The Morgan fingerprint density at radius 3 is 2.47 bits per heavy atom. The second-order valence-electron chi connectivity index (χ2n) is 4.13. The fraction of sp³-hybridized carbons (Fsp3) is 0.462. The Hall–Kier alpha value is -1.00. The highest BCUT2D eigenvalue weighted by atomic mass is 32.2. The average Bonchev–Trinajstić information content (AvgIpc) is 2.37. The first kappa shape index (κ1) is 14.1. The molecule has 0 saturated heterocycles. The van der Waals surface area contributed by atoms with Crippen LogP contribution in [0.1, 0.15) is 20.3 Å². The number of hydrogen-bond acceptors (Lipinski definition) is 3. The summed E-state index contributed by atoms with van der Waals surface area (Å²) in [7, 11) is 0. The molecular formula is C13H20N2OS. The van der Waals surface area contributed by atoms with E-state index in [1.54, 1.807) is 11.8 Å². The molecule has 0 aliphatic rings. The summed E-state index contributed by atoms with van der Waals surface area (Å²) in [6.45, 7) is 4.02. The van der Waals surface area contributed by atoms with Crippen molar-refractivity contribution in [2.75, 3.05) is 11.6 Å². The van der Waals surface area contributed by atoms with Crippen LogP contribution < -0.4 is 11.1 Å². The average molecular weight is 252 g/mol. The number of nitrogens with one attached hydrogen (secondary N) is 1. The van der Waals surface area contributed by atoms with Crippen LogP contribution in [0.15, 0.2) is 29.2 Å². The zero-order valence-corrected chi connectivity index (χ0v) is 11.4. The van der Waals surface area contributed by atoms with Crippen molar-refractivity contribution in [2.24, 2.45) is 11.7 Å². The van der Waals surface area contributed by atoms with Crippen molar-refractivity contribution in [3.8, 4) is 0 Å². The molecule has 1 aromatic carbocycles. The predicted molar refractivity (Wildman–Crippen MR) is 74.3 cm³/mol. The van der Waals surface area contributed by atoms with Crippen LogP contribution >= 0.6 is 11.8 Å². The van der Waals surface area contributed by atoms with E-state index in [0.29, 0.717) is 0 Å². The quantitative estimate of drug-likeness (QED) is 0.792. The van der Waals surface area contributed by atoms with E-state index in [1.165, 1.54) is 4.90 Å². The second kappa shape index (κ2) is 6.67. The molecule has 4 heteroatoms. The standard InChI is InChI=1S/C13H20N2OS/c1-4-9(2)12(14)13(16)15-10-5-7-11(17-3)8-6-10/h5-9,12H,4,14H2,1-3H3,(H,15,16)/t9?,12-/m0/s1. The van der Waals surface area contributed by atoms with E-state index in [4.69, 9.17) is 5.73 Å². The molecule has 0 radical (unpaired) electrons. The largest absolute Gasteiger partial charge is 0.325 e. The van der Waals surface area contributed by atoms with Gasteiger partial charge in [-0.3, -0.25) is 4.79 Å². The first-order valence-electron chi connectivity index (χ1n) is 5.79. The Morgan fingerprint density at radius 2 is 2.00 bits per heavy atom. The minimum atomic E-state index is -0.444. The molecule has 0 aliphatic carbocycles. The van der Waals surface area contributed by atoms with Gasteiger partial charge in [0.15, 0.2) is 0 Å². The summed E-state index contributed by atoms with van der Waals surface area (Å²) >= 11 is 1.67. The number of anilines is 1. The van der Waals surface area contributed by atoms with Gasteiger partial charge in [-0.05, 0) is 36.4 Å². The highest BCUT2D eigenvalue weighted by Gasteiger charge is 2.19. The maximum Gasteiger partial charge on any atom is 0.241 e. The third kappa shape index (κ3) is 4.06. The van der Waals surface area contributed by atoms with Gasteiger partial charge in [-0.1, -0.05) is 20.3 Å². The summed E-state index contributed by atoms with van der Waals surface area (Å²) in [6, 6.07) is 7.31. The van der Waals surface area contributed by atoms with Crippen molar-refractivity contribution in [3.63, 3.8) is 0 Å². The lowest BCUT2D eigenvalue weighted by Crippen LogP contribution is -2.40. The first-order chi connectivity index (χ1) is 8.08. The molecule has 0 spiro atoms. The molecule has 0 aromatic heterocycles. The fourth-order valence-corrected chi connectivity index (χ4v) is 1.82. The molecule has 3 nitrogen and oxygen atoms in total. The van der Waals surface area contributed by atoms with Crippen LogP contribution in [0.5, 0.6) is 0 Å². The molecule has 1 amide bonds. The minimum Gasteiger partial charge on any atom is -0.325 e. The number of nitrogens with two attached hydrogens (primary N) is 1. The molecule has 2 atom stereocenters. The smallest absolute Gasteiger partial charge is 0.241 e. The van der Waals surface area contributed by atoms with E-state index in [1.807, 2.05) is 44.4 Å². The maximum atomic E-state index is 11.8. The third-order valence-corrected chi connectivity index (χ3v) is 3.66.